The Morgan fingerprint density at radius 1 is 0.301 bits per heavy atom. The largest absolute Gasteiger partial charge is 0.309 e. The highest BCUT2D eigenvalue weighted by Gasteiger charge is 2.31. The molecule has 0 fully saturated rings. The van der Waals surface area contributed by atoms with Crippen LogP contribution in [0.1, 0.15) is 16.7 Å². The van der Waals surface area contributed by atoms with Crippen molar-refractivity contribution in [2.24, 2.45) is 0 Å². The zero-order valence-electron chi connectivity index (χ0n) is 40.4. The topological polar surface area (TPSA) is 38.6 Å². The summed E-state index contributed by atoms with van der Waals surface area (Å²) in [6, 6.07) is 90.1. The van der Waals surface area contributed by atoms with Crippen LogP contribution in [0.25, 0.3) is 127 Å². The summed E-state index contributed by atoms with van der Waals surface area (Å²) >= 11 is 0. The molecule has 4 heteroatoms. The minimum atomic E-state index is 0.632. The molecule has 0 aliphatic carbocycles. The van der Waals surface area contributed by atoms with Gasteiger partial charge in [0.25, 0.3) is 0 Å². The maximum atomic E-state index is 11.8. The number of rotatable bonds is 7. The van der Waals surface area contributed by atoms with Gasteiger partial charge in [0.15, 0.2) is 0 Å². The van der Waals surface area contributed by atoms with Crippen LogP contribution in [0, 0.1) is 25.2 Å². The summed E-state index contributed by atoms with van der Waals surface area (Å²) in [5, 5.41) is 18.9. The summed E-state index contributed by atoms with van der Waals surface area (Å²) in [6.07, 6.45) is 0. The van der Waals surface area contributed by atoms with Crippen LogP contribution < -0.4 is 0 Å². The van der Waals surface area contributed by atoms with Gasteiger partial charge >= 0.3 is 0 Å². The second kappa shape index (κ2) is 16.7. The van der Waals surface area contributed by atoms with Gasteiger partial charge in [0.2, 0.25) is 0 Å². The third kappa shape index (κ3) is 6.39. The van der Waals surface area contributed by atoms with Crippen LogP contribution in [-0.2, 0) is 0 Å². The normalized spacial score (nSPS) is 11.7. The van der Waals surface area contributed by atoms with E-state index in [0.717, 1.165) is 83.4 Å². The summed E-state index contributed by atoms with van der Waals surface area (Å²) in [5.41, 5.74) is 20.9. The van der Waals surface area contributed by atoms with E-state index in [1.54, 1.807) is 0 Å². The Morgan fingerprint density at radius 3 is 1.04 bits per heavy atom. The number of aromatic nitrogens is 3. The molecule has 73 heavy (non-hydrogen) atoms. The molecule has 0 aliphatic rings. The first-order chi connectivity index (χ1) is 36.1. The first-order valence-corrected chi connectivity index (χ1v) is 25.0. The van der Waals surface area contributed by atoms with Crippen LogP contribution >= 0.6 is 0 Å². The van der Waals surface area contributed by atoms with Gasteiger partial charge < -0.3 is 13.7 Å². The lowest BCUT2D eigenvalue weighted by Gasteiger charge is -2.27. The lowest BCUT2D eigenvalue weighted by atomic mass is 9.79. The van der Waals surface area contributed by atoms with E-state index in [0.29, 0.717) is 5.56 Å². The van der Waals surface area contributed by atoms with E-state index < -0.39 is 0 Å². The van der Waals surface area contributed by atoms with E-state index in [1.165, 1.54) is 54.7 Å². The van der Waals surface area contributed by atoms with E-state index >= 15 is 0 Å². The molecule has 14 rings (SSSR count). The molecule has 0 aliphatic heterocycles. The fourth-order valence-corrected chi connectivity index (χ4v) is 12.1. The van der Waals surface area contributed by atoms with Gasteiger partial charge in [0.05, 0.1) is 44.4 Å². The van der Waals surface area contributed by atoms with Gasteiger partial charge in [-0.1, -0.05) is 194 Å². The Bertz CT molecular complexity index is 4270. The standard InChI is InChI=1S/C69H46N4/c1-44-21-19-33-54-52-31-15-17-35-59(52)71(67(44)54)50-37-39-61-56(41-50)57-42-51(72-60-36-18-16-32-53(60)55-34-20-22-45(2)68(55)72)38-40-62(57)73(61)69-65(48-27-11-5-12-28-48)63(46-23-7-3-8-24-46)58(43-70)64(47-25-9-4-10-26-47)66(69)49-29-13-6-14-30-49/h3-42H,1-2H3. The van der Waals surface area contributed by atoms with Crippen molar-refractivity contribution in [2.45, 2.75) is 13.8 Å². The van der Waals surface area contributed by atoms with Crippen LogP contribution in [-0.4, -0.2) is 13.7 Å². The van der Waals surface area contributed by atoms with Crippen molar-refractivity contribution in [1.82, 2.24) is 13.7 Å². The molecule has 0 unspecified atom stereocenters. The Morgan fingerprint density at radius 2 is 0.644 bits per heavy atom. The van der Waals surface area contributed by atoms with Gasteiger partial charge in [-0.05, 0) is 95.8 Å². The van der Waals surface area contributed by atoms with E-state index in [4.69, 9.17) is 0 Å². The predicted octanol–water partition coefficient (Wildman–Crippen LogP) is 18.1. The van der Waals surface area contributed by atoms with Crippen molar-refractivity contribution < 1.29 is 0 Å². The third-order valence-electron chi connectivity index (χ3n) is 15.1. The second-order valence-electron chi connectivity index (χ2n) is 19.2. The molecule has 0 saturated heterocycles. The zero-order valence-corrected chi connectivity index (χ0v) is 40.4. The maximum absolute atomic E-state index is 11.8. The molecule has 3 heterocycles. The van der Waals surface area contributed by atoms with Crippen molar-refractivity contribution in [3.63, 3.8) is 0 Å². The Hall–Kier alpha value is -9.69. The molecule has 0 radical (unpaired) electrons. The quantitative estimate of drug-likeness (QED) is 0.157. The van der Waals surface area contributed by atoms with Gasteiger partial charge in [-0.3, -0.25) is 0 Å². The predicted molar refractivity (Wildman–Crippen MR) is 305 cm³/mol. The highest BCUT2D eigenvalue weighted by Crippen LogP contribution is 2.53. The monoisotopic (exact) mass is 930 g/mol. The number of benzene rings is 11. The third-order valence-corrected chi connectivity index (χ3v) is 15.1. The van der Waals surface area contributed by atoms with Crippen LogP contribution in [0.4, 0.5) is 0 Å². The number of nitriles is 1. The number of hydrogen-bond acceptors (Lipinski definition) is 1. The van der Waals surface area contributed by atoms with Gasteiger partial charge in [-0.15, -0.1) is 0 Å². The minimum Gasteiger partial charge on any atom is -0.309 e. The van der Waals surface area contributed by atoms with Crippen LogP contribution in [0.2, 0.25) is 0 Å². The van der Waals surface area contributed by atoms with Crippen LogP contribution in [0.3, 0.4) is 0 Å². The van der Waals surface area contributed by atoms with Crippen molar-refractivity contribution in [1.29, 1.82) is 5.26 Å². The van der Waals surface area contributed by atoms with Crippen LogP contribution in [0.5, 0.6) is 0 Å². The molecule has 0 N–H and O–H groups in total. The lowest BCUT2D eigenvalue weighted by Crippen LogP contribution is -2.07. The summed E-state index contributed by atoms with van der Waals surface area (Å²) in [7, 11) is 0. The van der Waals surface area contributed by atoms with Crippen molar-refractivity contribution >= 4 is 65.4 Å². The minimum absolute atomic E-state index is 0.632. The van der Waals surface area contributed by atoms with E-state index in [1.807, 2.05) is 0 Å². The van der Waals surface area contributed by atoms with Crippen molar-refractivity contribution in [3.8, 4) is 67.6 Å². The van der Waals surface area contributed by atoms with E-state index in [9.17, 15) is 5.26 Å². The maximum Gasteiger partial charge on any atom is 0.100 e. The summed E-state index contributed by atoms with van der Waals surface area (Å²) in [5.74, 6) is 0. The molecule has 0 amide bonds. The van der Waals surface area contributed by atoms with Gasteiger partial charge in [-0.25, -0.2) is 0 Å². The van der Waals surface area contributed by atoms with E-state index in [-0.39, 0.29) is 0 Å². The number of para-hydroxylation sites is 4. The van der Waals surface area contributed by atoms with Gasteiger partial charge in [-0.2, -0.15) is 5.26 Å². The summed E-state index contributed by atoms with van der Waals surface area (Å²) < 4.78 is 7.42. The van der Waals surface area contributed by atoms with Crippen LogP contribution in [0.15, 0.2) is 243 Å². The molecule has 4 nitrogen and oxygen atoms in total. The van der Waals surface area contributed by atoms with Crippen molar-refractivity contribution in [3.05, 3.63) is 259 Å². The van der Waals surface area contributed by atoms with E-state index in [2.05, 4.69) is 276 Å². The molecule has 14 aromatic rings. The average Bonchev–Trinajstić information content (AvgIpc) is 4.10. The summed E-state index contributed by atoms with van der Waals surface area (Å²) in [4.78, 5) is 0. The fraction of sp³-hybridized carbons (Fsp3) is 0.0290. The highest BCUT2D eigenvalue weighted by atomic mass is 15.0. The summed E-state index contributed by atoms with van der Waals surface area (Å²) in [6.45, 7) is 4.44. The van der Waals surface area contributed by atoms with Crippen molar-refractivity contribution in [2.75, 3.05) is 0 Å². The molecule has 0 bridgehead atoms. The van der Waals surface area contributed by atoms with Gasteiger partial charge in [0, 0.05) is 65.9 Å². The fourth-order valence-electron chi connectivity index (χ4n) is 12.1. The molecule has 0 spiro atoms. The molecular weight excluding hydrogens is 885 g/mol. The first kappa shape index (κ1) is 42.2. The second-order valence-corrected chi connectivity index (χ2v) is 19.2. The number of nitrogens with zero attached hydrogens (tertiary/aromatic N) is 4. The molecule has 342 valence electrons. The highest BCUT2D eigenvalue weighted by molar-refractivity contribution is 6.17. The smallest absolute Gasteiger partial charge is 0.100 e. The van der Waals surface area contributed by atoms with Gasteiger partial charge in [0.1, 0.15) is 6.07 Å². The lowest BCUT2D eigenvalue weighted by molar-refractivity contribution is 1.15. The number of aryl methyl sites for hydroxylation is 2. The molecule has 11 aromatic carbocycles. The average molecular weight is 931 g/mol. The number of hydrogen-bond donors (Lipinski definition) is 0. The SMILES string of the molecule is Cc1cccc2c3ccccc3n(-c3ccc4c(c3)c3cc(-n5c6ccccc6c6cccc(C)c65)ccc3n4-c3c(-c4ccccc4)c(-c4ccccc4)c(C#N)c(-c4ccccc4)c3-c3ccccc3)c12. The first-order valence-electron chi connectivity index (χ1n) is 25.0. The number of fused-ring (bicyclic) bond motifs is 9. The zero-order chi connectivity index (χ0) is 48.7. The molecular formula is C69H46N4. The Balaban J connectivity index is 1.20. The Kier molecular flexibility index (Phi) is 9.68. The molecule has 0 saturated carbocycles. The molecule has 3 aromatic heterocycles. The molecule has 0 atom stereocenters. The Labute approximate surface area is 423 Å².